The van der Waals surface area contributed by atoms with Crippen molar-refractivity contribution in [2.45, 2.75) is 5.88 Å². The molecule has 0 aliphatic rings. The molecule has 16 heavy (non-hydrogen) atoms. The third-order valence-corrected chi connectivity index (χ3v) is 2.38. The summed E-state index contributed by atoms with van der Waals surface area (Å²) in [6.45, 7) is 0. The maximum atomic E-state index is 11.0. The molecule has 6 heteroatoms. The lowest BCUT2D eigenvalue weighted by Gasteiger charge is -1.96. The molecule has 0 unspecified atom stereocenters. The van der Waals surface area contributed by atoms with Crippen LogP contribution < -0.4 is 0 Å². The smallest absolute Gasteiger partial charge is 0.252 e. The Kier molecular flexibility index (Phi) is 3.22. The van der Waals surface area contributed by atoms with Gasteiger partial charge in [0.15, 0.2) is 0 Å². The Balaban J connectivity index is 2.40. The first-order valence-electron chi connectivity index (χ1n) is 4.39. The van der Waals surface area contributed by atoms with Gasteiger partial charge in [0.05, 0.1) is 0 Å². The Hall–Kier alpha value is -1.39. The lowest BCUT2D eigenvalue weighted by Crippen LogP contribution is -1.89. The monoisotopic (exact) mass is 256 g/mol. The summed E-state index contributed by atoms with van der Waals surface area (Å²) in [5.74, 6) is 0.871. The molecule has 0 radical (unpaired) electrons. The Morgan fingerprint density at radius 1 is 1.44 bits per heavy atom. The third kappa shape index (κ3) is 2.23. The Morgan fingerprint density at radius 2 is 2.25 bits per heavy atom. The summed E-state index contributed by atoms with van der Waals surface area (Å²) in [7, 11) is 0. The van der Waals surface area contributed by atoms with E-state index in [2.05, 4.69) is 10.1 Å². The molecule has 4 nitrogen and oxygen atoms in total. The molecule has 2 aromatic rings. The number of nitrogens with zero attached hydrogens (tertiary/aromatic N) is 2. The lowest BCUT2D eigenvalue weighted by atomic mass is 10.1. The number of rotatable bonds is 3. The fraction of sp³-hybridized carbons (Fsp3) is 0.100. The maximum absolute atomic E-state index is 11.0. The average Bonchev–Trinajstić information content (AvgIpc) is 2.77. The van der Waals surface area contributed by atoms with Crippen molar-refractivity contribution < 1.29 is 9.32 Å². The van der Waals surface area contributed by atoms with Crippen LogP contribution in [-0.4, -0.2) is 15.4 Å². The Bertz CT molecular complexity index is 525. The van der Waals surface area contributed by atoms with Gasteiger partial charge < -0.3 is 4.52 Å². The molecule has 82 valence electrons. The van der Waals surface area contributed by atoms with Crippen LogP contribution in [0, 0.1) is 0 Å². The number of hydrogen-bond acceptors (Lipinski definition) is 4. The van der Waals surface area contributed by atoms with Gasteiger partial charge in [-0.1, -0.05) is 23.4 Å². The zero-order valence-electron chi connectivity index (χ0n) is 7.98. The first-order chi connectivity index (χ1) is 7.70. The van der Waals surface area contributed by atoms with Gasteiger partial charge in [-0.3, -0.25) is 4.79 Å². The lowest BCUT2D eigenvalue weighted by molar-refractivity contribution is 0.108. The van der Waals surface area contributed by atoms with Crippen LogP contribution in [0.4, 0.5) is 0 Å². The van der Waals surface area contributed by atoms with Gasteiger partial charge in [0.2, 0.25) is 11.7 Å². The summed E-state index contributed by atoms with van der Waals surface area (Å²) < 4.78 is 4.86. The SMILES string of the molecule is O=C(Cl)c1cccc(-c2noc(CCl)n2)c1. The summed E-state index contributed by atoms with van der Waals surface area (Å²) in [4.78, 5) is 15.0. The van der Waals surface area contributed by atoms with Crippen molar-refractivity contribution in [3.63, 3.8) is 0 Å². The van der Waals surface area contributed by atoms with Gasteiger partial charge in [0, 0.05) is 11.1 Å². The highest BCUT2D eigenvalue weighted by Gasteiger charge is 2.09. The standard InChI is InChI=1S/C10H6Cl2N2O2/c11-5-8-13-10(14-16-8)7-3-1-2-6(4-7)9(12)15/h1-4H,5H2. The summed E-state index contributed by atoms with van der Waals surface area (Å²) in [6, 6.07) is 6.66. The predicted octanol–water partition coefficient (Wildman–Crippen LogP) is 2.85. The van der Waals surface area contributed by atoms with E-state index in [0.717, 1.165) is 0 Å². The van der Waals surface area contributed by atoms with E-state index in [1.807, 2.05) is 0 Å². The molecular formula is C10H6Cl2N2O2. The van der Waals surface area contributed by atoms with Crippen LogP contribution >= 0.6 is 23.2 Å². The second kappa shape index (κ2) is 4.63. The first-order valence-corrected chi connectivity index (χ1v) is 5.31. The van der Waals surface area contributed by atoms with Gasteiger partial charge in [-0.25, -0.2) is 0 Å². The highest BCUT2D eigenvalue weighted by Crippen LogP contribution is 2.18. The van der Waals surface area contributed by atoms with Crippen LogP contribution in [0.5, 0.6) is 0 Å². The number of carbonyl (C=O) groups is 1. The number of alkyl halides is 1. The molecule has 0 bridgehead atoms. The van der Waals surface area contributed by atoms with E-state index in [9.17, 15) is 4.79 Å². The molecule has 0 N–H and O–H groups in total. The van der Waals surface area contributed by atoms with E-state index >= 15 is 0 Å². The minimum atomic E-state index is -0.525. The zero-order chi connectivity index (χ0) is 11.5. The topological polar surface area (TPSA) is 56.0 Å². The van der Waals surface area contributed by atoms with Gasteiger partial charge >= 0.3 is 0 Å². The van der Waals surface area contributed by atoms with Crippen molar-refractivity contribution in [2.75, 3.05) is 0 Å². The minimum absolute atomic E-state index is 0.154. The fourth-order valence-corrected chi connectivity index (χ4v) is 1.43. The number of hydrogen-bond donors (Lipinski definition) is 0. The Morgan fingerprint density at radius 3 is 2.88 bits per heavy atom. The van der Waals surface area contributed by atoms with Gasteiger partial charge in [0.25, 0.3) is 5.24 Å². The van der Waals surface area contributed by atoms with Gasteiger partial charge in [-0.15, -0.1) is 11.6 Å². The van der Waals surface area contributed by atoms with Crippen LogP contribution in [0.2, 0.25) is 0 Å². The molecular weight excluding hydrogens is 251 g/mol. The number of aromatic nitrogens is 2. The third-order valence-electron chi connectivity index (χ3n) is 1.93. The number of benzene rings is 1. The minimum Gasteiger partial charge on any atom is -0.338 e. The Labute approximate surface area is 101 Å². The number of carbonyl (C=O) groups excluding carboxylic acids is 1. The molecule has 0 aliphatic heterocycles. The second-order valence-corrected chi connectivity index (χ2v) is 3.61. The van der Waals surface area contributed by atoms with E-state index in [-0.39, 0.29) is 5.88 Å². The average molecular weight is 257 g/mol. The molecule has 0 saturated carbocycles. The molecule has 0 aliphatic carbocycles. The second-order valence-electron chi connectivity index (χ2n) is 3.00. The molecule has 1 aromatic heterocycles. The van der Waals surface area contributed by atoms with Crippen LogP contribution in [0.25, 0.3) is 11.4 Å². The molecule has 0 atom stereocenters. The number of halogens is 2. The fourth-order valence-electron chi connectivity index (χ4n) is 1.21. The van der Waals surface area contributed by atoms with Crippen molar-refractivity contribution in [3.05, 3.63) is 35.7 Å². The van der Waals surface area contributed by atoms with E-state index < -0.39 is 5.24 Å². The highest BCUT2D eigenvalue weighted by atomic mass is 35.5. The predicted molar refractivity (Wildman–Crippen MR) is 59.5 cm³/mol. The largest absolute Gasteiger partial charge is 0.338 e. The quantitative estimate of drug-likeness (QED) is 0.626. The van der Waals surface area contributed by atoms with Gasteiger partial charge in [-0.2, -0.15) is 4.98 Å². The highest BCUT2D eigenvalue weighted by molar-refractivity contribution is 6.67. The van der Waals surface area contributed by atoms with Crippen molar-refractivity contribution in [2.24, 2.45) is 0 Å². The van der Waals surface area contributed by atoms with Crippen molar-refractivity contribution in [1.29, 1.82) is 0 Å². The van der Waals surface area contributed by atoms with Crippen LogP contribution in [-0.2, 0) is 5.88 Å². The van der Waals surface area contributed by atoms with Crippen LogP contribution in [0.1, 0.15) is 16.2 Å². The molecule has 1 heterocycles. The van der Waals surface area contributed by atoms with Gasteiger partial charge in [-0.05, 0) is 17.7 Å². The van der Waals surface area contributed by atoms with E-state index in [0.29, 0.717) is 22.8 Å². The summed E-state index contributed by atoms with van der Waals surface area (Å²) in [6.07, 6.45) is 0. The molecule has 1 aromatic carbocycles. The van der Waals surface area contributed by atoms with E-state index in [1.165, 1.54) is 0 Å². The molecule has 0 saturated heterocycles. The summed E-state index contributed by atoms with van der Waals surface area (Å²) >= 11 is 10.9. The summed E-state index contributed by atoms with van der Waals surface area (Å²) in [5.41, 5.74) is 1.04. The normalized spacial score (nSPS) is 10.4. The van der Waals surface area contributed by atoms with Gasteiger partial charge in [0.1, 0.15) is 5.88 Å². The van der Waals surface area contributed by atoms with Crippen molar-refractivity contribution in [1.82, 2.24) is 10.1 Å². The van der Waals surface area contributed by atoms with E-state index in [4.69, 9.17) is 27.7 Å². The maximum Gasteiger partial charge on any atom is 0.252 e. The molecule has 0 spiro atoms. The molecule has 0 fully saturated rings. The first kappa shape index (κ1) is 11.1. The van der Waals surface area contributed by atoms with E-state index in [1.54, 1.807) is 24.3 Å². The summed E-state index contributed by atoms with van der Waals surface area (Å²) in [5, 5.41) is 3.21. The molecule has 2 rings (SSSR count). The van der Waals surface area contributed by atoms with Crippen molar-refractivity contribution in [3.8, 4) is 11.4 Å². The van der Waals surface area contributed by atoms with Crippen LogP contribution in [0.3, 0.4) is 0 Å². The zero-order valence-corrected chi connectivity index (χ0v) is 9.50. The molecule has 0 amide bonds. The van der Waals surface area contributed by atoms with Crippen molar-refractivity contribution >= 4 is 28.4 Å². The van der Waals surface area contributed by atoms with Crippen LogP contribution in [0.15, 0.2) is 28.8 Å².